The second-order valence-electron chi connectivity index (χ2n) is 4.02. The average molecular weight is 267 g/mol. The summed E-state index contributed by atoms with van der Waals surface area (Å²) >= 11 is 0. The highest BCUT2D eigenvalue weighted by atomic mass is 19.2. The number of aromatic nitrogens is 2. The fraction of sp³-hybridized carbons (Fsp3) is 0.154. The molecule has 19 heavy (non-hydrogen) atoms. The maximum atomic E-state index is 13.5. The van der Waals surface area contributed by atoms with Crippen LogP contribution in [0.25, 0.3) is 0 Å². The molecule has 0 amide bonds. The summed E-state index contributed by atoms with van der Waals surface area (Å²) in [5, 5.41) is 2.58. The molecular weight excluding hydrogens is 255 g/mol. The monoisotopic (exact) mass is 267 g/mol. The van der Waals surface area contributed by atoms with Gasteiger partial charge in [-0.05, 0) is 6.92 Å². The van der Waals surface area contributed by atoms with E-state index >= 15 is 0 Å². The zero-order valence-electron chi connectivity index (χ0n) is 10.3. The molecule has 1 heterocycles. The number of rotatable bonds is 4. The van der Waals surface area contributed by atoms with Crippen LogP contribution in [0, 0.1) is 24.4 Å². The molecule has 3 nitrogen and oxygen atoms in total. The van der Waals surface area contributed by atoms with Crippen LogP contribution >= 0.6 is 0 Å². The van der Waals surface area contributed by atoms with Crippen molar-refractivity contribution in [3.05, 3.63) is 54.1 Å². The minimum atomic E-state index is -1.25. The van der Waals surface area contributed by atoms with Crippen LogP contribution in [0.3, 0.4) is 0 Å². The zero-order valence-corrected chi connectivity index (χ0v) is 10.3. The molecule has 0 saturated heterocycles. The van der Waals surface area contributed by atoms with Gasteiger partial charge in [0.25, 0.3) is 0 Å². The van der Waals surface area contributed by atoms with Crippen LogP contribution < -0.4 is 5.32 Å². The lowest BCUT2D eigenvalue weighted by Crippen LogP contribution is -2.04. The highest BCUT2D eigenvalue weighted by Gasteiger charge is 2.13. The van der Waals surface area contributed by atoms with E-state index in [0.29, 0.717) is 24.3 Å². The minimum Gasteiger partial charge on any atom is -0.323 e. The number of aryl methyl sites for hydroxylation is 1. The van der Waals surface area contributed by atoms with E-state index in [1.54, 1.807) is 23.8 Å². The molecule has 0 spiro atoms. The Labute approximate surface area is 108 Å². The van der Waals surface area contributed by atoms with Crippen LogP contribution in [0.15, 0.2) is 31.0 Å². The third kappa shape index (κ3) is 2.78. The summed E-state index contributed by atoms with van der Waals surface area (Å²) in [7, 11) is 0. The summed E-state index contributed by atoms with van der Waals surface area (Å²) in [6.45, 7) is 5.79. The van der Waals surface area contributed by atoms with Crippen molar-refractivity contribution in [3.8, 4) is 0 Å². The van der Waals surface area contributed by atoms with E-state index < -0.39 is 17.5 Å². The van der Waals surface area contributed by atoms with Crippen LogP contribution in [0.1, 0.15) is 5.69 Å². The average Bonchev–Trinajstić information content (AvgIpc) is 2.66. The van der Waals surface area contributed by atoms with E-state index in [4.69, 9.17) is 0 Å². The Hall–Kier alpha value is -2.24. The lowest BCUT2D eigenvalue weighted by Gasteiger charge is -2.09. The van der Waals surface area contributed by atoms with Crippen molar-refractivity contribution in [2.45, 2.75) is 13.5 Å². The fourth-order valence-electron chi connectivity index (χ4n) is 1.69. The summed E-state index contributed by atoms with van der Waals surface area (Å²) in [5.41, 5.74) is 0.398. The largest absolute Gasteiger partial charge is 0.323 e. The molecule has 0 bridgehead atoms. The number of allylic oxidation sites excluding steroid dienone is 1. The maximum Gasteiger partial charge on any atom is 0.207 e. The first-order valence-corrected chi connectivity index (χ1v) is 5.57. The summed E-state index contributed by atoms with van der Waals surface area (Å²) in [6, 6.07) is 1.36. The summed E-state index contributed by atoms with van der Waals surface area (Å²) < 4.78 is 41.4. The number of nitrogens with zero attached hydrogens (tertiary/aromatic N) is 2. The van der Waals surface area contributed by atoms with Crippen molar-refractivity contribution in [2.75, 3.05) is 5.32 Å². The van der Waals surface area contributed by atoms with Gasteiger partial charge in [0.15, 0.2) is 11.6 Å². The third-order valence-electron chi connectivity index (χ3n) is 2.46. The number of anilines is 2. The number of nitrogens with one attached hydrogen (secondary N) is 1. The predicted octanol–water partition coefficient (Wildman–Crippen LogP) is 3.54. The van der Waals surface area contributed by atoms with Gasteiger partial charge in [-0.25, -0.2) is 18.2 Å². The molecule has 0 atom stereocenters. The molecule has 0 aliphatic rings. The second-order valence-corrected chi connectivity index (χ2v) is 4.02. The van der Waals surface area contributed by atoms with E-state index in [9.17, 15) is 13.2 Å². The number of halogens is 3. The molecule has 0 aliphatic heterocycles. The molecule has 6 heteroatoms. The second kappa shape index (κ2) is 5.17. The minimum absolute atomic E-state index is 0.293. The number of benzene rings is 1. The van der Waals surface area contributed by atoms with Gasteiger partial charge < -0.3 is 9.88 Å². The molecule has 2 aromatic rings. The molecule has 2 rings (SSSR count). The van der Waals surface area contributed by atoms with Crippen molar-refractivity contribution >= 4 is 11.6 Å². The van der Waals surface area contributed by atoms with E-state index in [2.05, 4.69) is 16.9 Å². The normalized spacial score (nSPS) is 10.5. The summed E-state index contributed by atoms with van der Waals surface area (Å²) in [4.78, 5) is 4.12. The first-order chi connectivity index (χ1) is 9.01. The van der Waals surface area contributed by atoms with Crippen molar-refractivity contribution in [3.63, 3.8) is 0 Å². The van der Waals surface area contributed by atoms with E-state index in [1.165, 1.54) is 0 Å². The molecule has 1 N–H and O–H groups in total. The lowest BCUT2D eigenvalue weighted by atomic mass is 10.3. The molecule has 100 valence electrons. The molecule has 1 aromatic carbocycles. The van der Waals surface area contributed by atoms with Gasteiger partial charge in [0.2, 0.25) is 5.95 Å². The van der Waals surface area contributed by atoms with Crippen LogP contribution in [0.2, 0.25) is 0 Å². The first-order valence-electron chi connectivity index (χ1n) is 5.57. The molecule has 0 radical (unpaired) electrons. The van der Waals surface area contributed by atoms with Crippen molar-refractivity contribution < 1.29 is 13.2 Å². The van der Waals surface area contributed by atoms with Gasteiger partial charge in [-0.15, -0.1) is 6.58 Å². The van der Waals surface area contributed by atoms with Crippen molar-refractivity contribution in [1.82, 2.24) is 9.55 Å². The lowest BCUT2D eigenvalue weighted by molar-refractivity contribution is 0.498. The zero-order chi connectivity index (χ0) is 14.0. The van der Waals surface area contributed by atoms with Gasteiger partial charge >= 0.3 is 0 Å². The fourth-order valence-corrected chi connectivity index (χ4v) is 1.69. The topological polar surface area (TPSA) is 29.9 Å². The molecular formula is C13H12F3N3. The Morgan fingerprint density at radius 2 is 2.11 bits per heavy atom. The van der Waals surface area contributed by atoms with Crippen LogP contribution in [0.4, 0.5) is 24.8 Å². The van der Waals surface area contributed by atoms with Crippen LogP contribution in [0.5, 0.6) is 0 Å². The Morgan fingerprint density at radius 3 is 2.79 bits per heavy atom. The Bertz CT molecular complexity index is 620. The standard InChI is InChI=1S/C13H12F3N3/c1-3-4-19-7-8(2)17-13(19)18-11-6-9(14)5-10(15)12(11)16/h3,5-7H,1,4H2,2H3,(H,17,18). The summed E-state index contributed by atoms with van der Waals surface area (Å²) in [5.74, 6) is -2.96. The predicted molar refractivity (Wildman–Crippen MR) is 66.8 cm³/mol. The van der Waals surface area contributed by atoms with Crippen molar-refractivity contribution in [2.24, 2.45) is 0 Å². The van der Waals surface area contributed by atoms with Crippen LogP contribution in [-0.2, 0) is 6.54 Å². The van der Waals surface area contributed by atoms with Gasteiger partial charge in [-0.1, -0.05) is 6.08 Å². The van der Waals surface area contributed by atoms with E-state index in [-0.39, 0.29) is 5.69 Å². The SMILES string of the molecule is C=CCn1cc(C)nc1Nc1cc(F)cc(F)c1F. The number of hydrogen-bond acceptors (Lipinski definition) is 2. The van der Waals surface area contributed by atoms with Gasteiger partial charge in [-0.2, -0.15) is 0 Å². The van der Waals surface area contributed by atoms with Crippen LogP contribution in [-0.4, -0.2) is 9.55 Å². The number of imidazole rings is 1. The maximum absolute atomic E-state index is 13.5. The van der Waals surface area contributed by atoms with Gasteiger partial charge in [0, 0.05) is 24.9 Å². The van der Waals surface area contributed by atoms with E-state index in [0.717, 1.165) is 6.07 Å². The van der Waals surface area contributed by atoms with Gasteiger partial charge in [0.1, 0.15) is 5.82 Å². The summed E-state index contributed by atoms with van der Waals surface area (Å²) in [6.07, 6.45) is 3.35. The van der Waals surface area contributed by atoms with Gasteiger partial charge in [-0.3, -0.25) is 0 Å². The van der Waals surface area contributed by atoms with Crippen molar-refractivity contribution in [1.29, 1.82) is 0 Å². The highest BCUT2D eigenvalue weighted by molar-refractivity contribution is 5.55. The molecule has 0 aliphatic carbocycles. The smallest absolute Gasteiger partial charge is 0.207 e. The van der Waals surface area contributed by atoms with Gasteiger partial charge in [0.05, 0.1) is 11.4 Å². The Morgan fingerprint density at radius 1 is 1.37 bits per heavy atom. The Kier molecular flexibility index (Phi) is 3.59. The molecule has 1 aromatic heterocycles. The molecule has 0 fully saturated rings. The molecule has 0 unspecified atom stereocenters. The quantitative estimate of drug-likeness (QED) is 0.678. The van der Waals surface area contributed by atoms with E-state index in [1.807, 2.05) is 0 Å². The first kappa shape index (κ1) is 13.2. The number of hydrogen-bond donors (Lipinski definition) is 1. The Balaban J connectivity index is 2.38. The highest BCUT2D eigenvalue weighted by Crippen LogP contribution is 2.23. The molecule has 0 saturated carbocycles. The third-order valence-corrected chi connectivity index (χ3v) is 2.46.